The lowest BCUT2D eigenvalue weighted by Gasteiger charge is -2.32. The molecule has 0 radical (unpaired) electrons. The van der Waals surface area contributed by atoms with Gasteiger partial charge in [-0.15, -0.1) is 0 Å². The third-order valence-corrected chi connectivity index (χ3v) is 12.2. The zero-order valence-electron chi connectivity index (χ0n) is 31.8. The van der Waals surface area contributed by atoms with E-state index in [1.165, 1.54) is 54.5 Å². The van der Waals surface area contributed by atoms with E-state index >= 15 is 0 Å². The normalized spacial score (nSPS) is 12.4. The highest BCUT2D eigenvalue weighted by molar-refractivity contribution is 6.14. The fourth-order valence-corrected chi connectivity index (χ4v) is 9.60. The van der Waals surface area contributed by atoms with E-state index in [1.54, 1.807) is 0 Å². The molecule has 4 heterocycles. The molecule has 1 aliphatic rings. The zero-order chi connectivity index (χ0) is 38.6. The summed E-state index contributed by atoms with van der Waals surface area (Å²) in [4.78, 5) is 13.1. The molecule has 12 aromatic rings. The van der Waals surface area contributed by atoms with Gasteiger partial charge >= 0.3 is 0 Å². The Kier molecular flexibility index (Phi) is 6.66. The number of rotatable bonds is 4. The average Bonchev–Trinajstić information content (AvgIpc) is 3.81. The summed E-state index contributed by atoms with van der Waals surface area (Å²) < 4.78 is 4.64. The van der Waals surface area contributed by atoms with Crippen molar-refractivity contribution in [1.82, 2.24) is 19.1 Å². The van der Waals surface area contributed by atoms with Crippen molar-refractivity contribution in [2.75, 3.05) is 4.90 Å². The van der Waals surface area contributed by atoms with Crippen LogP contribution in [0.5, 0.6) is 0 Å². The second kappa shape index (κ2) is 12.2. The molecule has 274 valence electrons. The van der Waals surface area contributed by atoms with Gasteiger partial charge in [0.2, 0.25) is 5.95 Å². The Morgan fingerprint density at radius 2 is 0.966 bits per heavy atom. The van der Waals surface area contributed by atoms with Gasteiger partial charge in [0.15, 0.2) is 0 Å². The van der Waals surface area contributed by atoms with Gasteiger partial charge in [-0.25, -0.2) is 9.97 Å². The van der Waals surface area contributed by atoms with Crippen LogP contribution in [0.15, 0.2) is 200 Å². The predicted octanol–water partition coefficient (Wildman–Crippen LogP) is 14.1. The number of hydrogen-bond acceptors (Lipinski definition) is 3. The third-order valence-electron chi connectivity index (χ3n) is 12.2. The van der Waals surface area contributed by atoms with Crippen molar-refractivity contribution in [1.29, 1.82) is 0 Å². The molecule has 9 aromatic carbocycles. The van der Waals surface area contributed by atoms with Gasteiger partial charge < -0.3 is 9.47 Å². The van der Waals surface area contributed by atoms with Crippen LogP contribution in [-0.4, -0.2) is 19.1 Å². The molecule has 5 nitrogen and oxygen atoms in total. The summed E-state index contributed by atoms with van der Waals surface area (Å²) in [5.41, 5.74) is 14.3. The van der Waals surface area contributed by atoms with E-state index in [0.717, 1.165) is 55.9 Å². The largest absolute Gasteiger partial charge is 0.309 e. The highest BCUT2D eigenvalue weighted by Crippen LogP contribution is 2.50. The lowest BCUT2D eigenvalue weighted by Crippen LogP contribution is -2.16. The molecule has 0 amide bonds. The molecule has 0 saturated carbocycles. The molecular weight excluding hydrogens is 719 g/mol. The predicted molar refractivity (Wildman–Crippen MR) is 245 cm³/mol. The zero-order valence-corrected chi connectivity index (χ0v) is 31.8. The second-order valence-electron chi connectivity index (χ2n) is 15.4. The van der Waals surface area contributed by atoms with Gasteiger partial charge in [-0.1, -0.05) is 121 Å². The van der Waals surface area contributed by atoms with E-state index in [2.05, 4.69) is 214 Å². The van der Waals surface area contributed by atoms with E-state index in [-0.39, 0.29) is 0 Å². The van der Waals surface area contributed by atoms with Crippen molar-refractivity contribution in [3.05, 3.63) is 200 Å². The van der Waals surface area contributed by atoms with Gasteiger partial charge in [0.05, 0.1) is 50.0 Å². The molecule has 0 unspecified atom stereocenters. The minimum atomic E-state index is 0.662. The number of anilines is 3. The first kappa shape index (κ1) is 32.1. The van der Waals surface area contributed by atoms with Crippen LogP contribution in [0.1, 0.15) is 0 Å². The van der Waals surface area contributed by atoms with Crippen LogP contribution in [-0.2, 0) is 0 Å². The van der Waals surface area contributed by atoms with Crippen molar-refractivity contribution >= 4 is 82.3 Å². The minimum absolute atomic E-state index is 0.662. The molecule has 0 spiro atoms. The molecule has 0 saturated heterocycles. The lowest BCUT2D eigenvalue weighted by atomic mass is 9.96. The Hall–Kier alpha value is -8.02. The van der Waals surface area contributed by atoms with Crippen LogP contribution in [0.2, 0.25) is 0 Å². The van der Waals surface area contributed by atoms with Crippen molar-refractivity contribution in [3.8, 4) is 34.0 Å². The Morgan fingerprint density at radius 1 is 0.356 bits per heavy atom. The molecular formula is C54H33N5. The van der Waals surface area contributed by atoms with Crippen LogP contribution < -0.4 is 4.90 Å². The van der Waals surface area contributed by atoms with Gasteiger partial charge in [0.1, 0.15) is 0 Å². The summed E-state index contributed by atoms with van der Waals surface area (Å²) in [6.45, 7) is 0. The summed E-state index contributed by atoms with van der Waals surface area (Å²) in [6, 6.07) is 72.0. The fourth-order valence-electron chi connectivity index (χ4n) is 9.60. The van der Waals surface area contributed by atoms with Gasteiger partial charge in [0, 0.05) is 38.5 Å². The molecule has 1 aliphatic heterocycles. The molecule has 0 aliphatic carbocycles. The van der Waals surface area contributed by atoms with Crippen LogP contribution in [0, 0.1) is 0 Å². The Morgan fingerprint density at radius 3 is 1.75 bits per heavy atom. The van der Waals surface area contributed by atoms with Gasteiger partial charge in [-0.05, 0) is 101 Å². The maximum Gasteiger partial charge on any atom is 0.235 e. The maximum atomic E-state index is 5.45. The lowest BCUT2D eigenvalue weighted by molar-refractivity contribution is 1.01. The highest BCUT2D eigenvalue weighted by atomic mass is 15.2. The molecule has 5 heteroatoms. The van der Waals surface area contributed by atoms with Crippen molar-refractivity contribution in [2.24, 2.45) is 0 Å². The van der Waals surface area contributed by atoms with Gasteiger partial charge in [0.25, 0.3) is 0 Å². The Balaban J connectivity index is 0.987. The standard InChI is InChI=1S/C54H33N5/c1-2-15-38(16-3-1)57-48-23-11-8-19-42(48)53-52-45(20-12-24-51(52)57)55-54(56-53)59-47-22-10-7-18-41(47)44-33-37(27-30-50(44)59)36-26-29-49-43(32-36)40-17-6-9-21-46(40)58(49)39-28-25-34-13-4-5-14-35(34)31-39/h1-33H. The first-order valence-corrected chi connectivity index (χ1v) is 20.1. The minimum Gasteiger partial charge on any atom is -0.309 e. The average molecular weight is 752 g/mol. The fraction of sp³-hybridized carbons (Fsp3) is 0. The van der Waals surface area contributed by atoms with Crippen molar-refractivity contribution in [2.45, 2.75) is 0 Å². The number of hydrogen-bond donors (Lipinski definition) is 0. The maximum absolute atomic E-state index is 5.45. The summed E-state index contributed by atoms with van der Waals surface area (Å²) >= 11 is 0. The van der Waals surface area contributed by atoms with Crippen molar-refractivity contribution < 1.29 is 0 Å². The molecule has 13 rings (SSSR count). The number of aromatic nitrogens is 4. The van der Waals surface area contributed by atoms with Crippen LogP contribution in [0.4, 0.5) is 17.1 Å². The quantitative estimate of drug-likeness (QED) is 0.180. The summed E-state index contributed by atoms with van der Waals surface area (Å²) in [5.74, 6) is 0.662. The molecule has 0 N–H and O–H groups in total. The molecule has 59 heavy (non-hydrogen) atoms. The summed E-state index contributed by atoms with van der Waals surface area (Å²) in [5, 5.41) is 8.34. The number of fused-ring (bicyclic) bond motifs is 9. The third kappa shape index (κ3) is 4.67. The number of para-hydroxylation sites is 4. The van der Waals surface area contributed by atoms with E-state index in [1.807, 2.05) is 0 Å². The van der Waals surface area contributed by atoms with E-state index < -0.39 is 0 Å². The number of nitrogens with zero attached hydrogens (tertiary/aromatic N) is 5. The van der Waals surface area contributed by atoms with Gasteiger partial charge in [-0.2, -0.15) is 0 Å². The Bertz CT molecular complexity index is 3690. The topological polar surface area (TPSA) is 38.9 Å². The number of benzene rings is 9. The monoisotopic (exact) mass is 751 g/mol. The summed E-state index contributed by atoms with van der Waals surface area (Å²) in [7, 11) is 0. The van der Waals surface area contributed by atoms with E-state index in [4.69, 9.17) is 9.97 Å². The molecule has 0 fully saturated rings. The van der Waals surface area contributed by atoms with Crippen LogP contribution in [0.25, 0.3) is 99.3 Å². The smallest absolute Gasteiger partial charge is 0.235 e. The van der Waals surface area contributed by atoms with E-state index in [9.17, 15) is 0 Å². The van der Waals surface area contributed by atoms with E-state index in [0.29, 0.717) is 5.95 Å². The molecule has 0 atom stereocenters. The summed E-state index contributed by atoms with van der Waals surface area (Å²) in [6.07, 6.45) is 0. The molecule has 3 aromatic heterocycles. The SMILES string of the molecule is c1ccc(N2c3ccccc3-c3nc(-n4c5ccccc5c5cc(-c6ccc7c(c6)c6ccccc6n7-c6ccc7ccccc7c6)ccc54)nc4cccc2c34)cc1. The highest BCUT2D eigenvalue weighted by Gasteiger charge is 2.28. The van der Waals surface area contributed by atoms with Crippen LogP contribution >= 0.6 is 0 Å². The van der Waals surface area contributed by atoms with Gasteiger partial charge in [-0.3, -0.25) is 4.57 Å². The molecule has 0 bridgehead atoms. The first-order chi connectivity index (χ1) is 29.3. The Labute approximate surface area is 339 Å². The second-order valence-corrected chi connectivity index (χ2v) is 15.4. The first-order valence-electron chi connectivity index (χ1n) is 20.1. The van der Waals surface area contributed by atoms with Crippen LogP contribution in [0.3, 0.4) is 0 Å². The van der Waals surface area contributed by atoms with Crippen molar-refractivity contribution in [3.63, 3.8) is 0 Å².